The molecule has 0 saturated heterocycles. The van der Waals surface area contributed by atoms with Crippen molar-refractivity contribution in [3.63, 3.8) is 0 Å². The standard InChI is InChI=1S/C23H33N3O4/c1-6-24-23(26(2)16-17-30-19-10-8-7-9-11-19)25-15-14-18-12-13-20(27-3)22(29-5)21(18)28-4/h7-13H,6,14-17H2,1-5H3,(H,24,25). The second-order valence-corrected chi connectivity index (χ2v) is 6.56. The van der Waals surface area contributed by atoms with Crippen molar-refractivity contribution in [2.24, 2.45) is 4.99 Å². The van der Waals surface area contributed by atoms with Crippen LogP contribution in [0.15, 0.2) is 47.5 Å². The van der Waals surface area contributed by atoms with E-state index in [2.05, 4.69) is 17.1 Å². The van der Waals surface area contributed by atoms with Gasteiger partial charge in [-0.15, -0.1) is 0 Å². The van der Waals surface area contributed by atoms with Crippen LogP contribution in [0.1, 0.15) is 12.5 Å². The van der Waals surface area contributed by atoms with E-state index in [0.29, 0.717) is 36.8 Å². The van der Waals surface area contributed by atoms with Crippen LogP contribution in [0.2, 0.25) is 0 Å². The first-order chi connectivity index (χ1) is 14.6. The van der Waals surface area contributed by atoms with Gasteiger partial charge in [-0.1, -0.05) is 24.3 Å². The number of benzene rings is 2. The van der Waals surface area contributed by atoms with Crippen LogP contribution in [-0.2, 0) is 6.42 Å². The Bertz CT molecular complexity index is 797. The second kappa shape index (κ2) is 12.5. The smallest absolute Gasteiger partial charge is 0.203 e. The number of rotatable bonds is 11. The maximum absolute atomic E-state index is 5.79. The van der Waals surface area contributed by atoms with Gasteiger partial charge in [0, 0.05) is 25.7 Å². The molecule has 0 saturated carbocycles. The van der Waals surface area contributed by atoms with E-state index in [4.69, 9.17) is 23.9 Å². The molecule has 7 nitrogen and oxygen atoms in total. The second-order valence-electron chi connectivity index (χ2n) is 6.56. The first-order valence-corrected chi connectivity index (χ1v) is 10.1. The SMILES string of the molecule is CCNC(=NCCc1ccc(OC)c(OC)c1OC)N(C)CCOc1ccccc1. The molecule has 30 heavy (non-hydrogen) atoms. The molecule has 164 valence electrons. The summed E-state index contributed by atoms with van der Waals surface area (Å²) in [5, 5.41) is 3.33. The number of methoxy groups -OCH3 is 3. The van der Waals surface area contributed by atoms with Crippen LogP contribution in [0, 0.1) is 0 Å². The van der Waals surface area contributed by atoms with Gasteiger partial charge in [-0.25, -0.2) is 0 Å². The molecule has 0 aliphatic rings. The summed E-state index contributed by atoms with van der Waals surface area (Å²) in [6.45, 7) is 4.76. The lowest BCUT2D eigenvalue weighted by Gasteiger charge is -2.22. The zero-order valence-electron chi connectivity index (χ0n) is 18.6. The number of nitrogens with one attached hydrogen (secondary N) is 1. The maximum Gasteiger partial charge on any atom is 0.203 e. The van der Waals surface area contributed by atoms with Crippen LogP contribution in [0.25, 0.3) is 0 Å². The van der Waals surface area contributed by atoms with Crippen molar-refractivity contribution in [3.05, 3.63) is 48.0 Å². The quantitative estimate of drug-likeness (QED) is 0.449. The Morgan fingerprint density at radius 1 is 0.967 bits per heavy atom. The fourth-order valence-electron chi connectivity index (χ4n) is 3.04. The van der Waals surface area contributed by atoms with Crippen molar-refractivity contribution in [3.8, 4) is 23.0 Å². The Balaban J connectivity index is 1.98. The molecule has 0 spiro atoms. The normalized spacial score (nSPS) is 11.0. The van der Waals surface area contributed by atoms with Crippen LogP contribution < -0.4 is 24.3 Å². The number of ether oxygens (including phenoxy) is 4. The number of para-hydroxylation sites is 1. The largest absolute Gasteiger partial charge is 0.493 e. The third kappa shape index (κ3) is 6.47. The lowest BCUT2D eigenvalue weighted by Crippen LogP contribution is -2.41. The fourth-order valence-corrected chi connectivity index (χ4v) is 3.04. The van der Waals surface area contributed by atoms with Gasteiger partial charge >= 0.3 is 0 Å². The number of likely N-dealkylation sites (N-methyl/N-ethyl adjacent to an activating group) is 1. The molecule has 0 radical (unpaired) electrons. The van der Waals surface area contributed by atoms with Gasteiger partial charge in [0.2, 0.25) is 5.75 Å². The molecule has 0 heterocycles. The molecular formula is C23H33N3O4. The first-order valence-electron chi connectivity index (χ1n) is 10.1. The summed E-state index contributed by atoms with van der Waals surface area (Å²) in [5.74, 6) is 3.64. The molecule has 0 aliphatic heterocycles. The third-order valence-corrected chi connectivity index (χ3v) is 4.56. The molecule has 0 amide bonds. The molecular weight excluding hydrogens is 382 g/mol. The highest BCUT2D eigenvalue weighted by Crippen LogP contribution is 2.39. The summed E-state index contributed by atoms with van der Waals surface area (Å²) in [5.41, 5.74) is 1.02. The number of aliphatic imine (C=N–C) groups is 1. The van der Waals surface area contributed by atoms with Crippen LogP contribution in [-0.4, -0.2) is 65.5 Å². The van der Waals surface area contributed by atoms with E-state index in [1.165, 1.54) is 0 Å². The van der Waals surface area contributed by atoms with E-state index < -0.39 is 0 Å². The van der Waals surface area contributed by atoms with Gasteiger partial charge < -0.3 is 29.2 Å². The molecule has 0 bridgehead atoms. The van der Waals surface area contributed by atoms with Crippen molar-refractivity contribution in [1.29, 1.82) is 0 Å². The maximum atomic E-state index is 5.79. The minimum absolute atomic E-state index is 0.578. The molecule has 0 aromatic heterocycles. The molecule has 2 aromatic rings. The van der Waals surface area contributed by atoms with Crippen LogP contribution in [0.3, 0.4) is 0 Å². The summed E-state index contributed by atoms with van der Waals surface area (Å²) in [4.78, 5) is 6.82. The van der Waals surface area contributed by atoms with Gasteiger partial charge in [0.25, 0.3) is 0 Å². The summed E-state index contributed by atoms with van der Waals surface area (Å²) in [6.07, 6.45) is 0.715. The minimum atomic E-state index is 0.578. The lowest BCUT2D eigenvalue weighted by molar-refractivity contribution is 0.281. The fraction of sp³-hybridized carbons (Fsp3) is 0.435. The van der Waals surface area contributed by atoms with E-state index in [-0.39, 0.29) is 0 Å². The van der Waals surface area contributed by atoms with E-state index in [9.17, 15) is 0 Å². The van der Waals surface area contributed by atoms with E-state index in [1.54, 1.807) is 21.3 Å². The topological polar surface area (TPSA) is 64.6 Å². The molecule has 7 heteroatoms. The molecule has 0 aliphatic carbocycles. The molecule has 1 N–H and O–H groups in total. The molecule has 2 rings (SSSR count). The zero-order valence-corrected chi connectivity index (χ0v) is 18.6. The van der Waals surface area contributed by atoms with Gasteiger partial charge in [0.15, 0.2) is 17.5 Å². The number of nitrogens with zero attached hydrogens (tertiary/aromatic N) is 2. The van der Waals surface area contributed by atoms with Crippen LogP contribution in [0.5, 0.6) is 23.0 Å². The van der Waals surface area contributed by atoms with E-state index >= 15 is 0 Å². The van der Waals surface area contributed by atoms with Gasteiger partial charge in [0.1, 0.15) is 12.4 Å². The summed E-state index contributed by atoms with van der Waals surface area (Å²) in [7, 11) is 6.86. The van der Waals surface area contributed by atoms with Crippen LogP contribution in [0.4, 0.5) is 0 Å². The monoisotopic (exact) mass is 415 g/mol. The number of guanidine groups is 1. The van der Waals surface area contributed by atoms with Crippen molar-refractivity contribution >= 4 is 5.96 Å². The highest BCUT2D eigenvalue weighted by molar-refractivity contribution is 5.79. The number of hydrogen-bond acceptors (Lipinski definition) is 5. The van der Waals surface area contributed by atoms with Crippen molar-refractivity contribution in [2.45, 2.75) is 13.3 Å². The molecule has 0 unspecified atom stereocenters. The van der Waals surface area contributed by atoms with Crippen molar-refractivity contribution < 1.29 is 18.9 Å². The van der Waals surface area contributed by atoms with Crippen molar-refractivity contribution in [2.75, 3.05) is 54.6 Å². The Labute approximate surface area is 179 Å². The summed E-state index contributed by atoms with van der Waals surface area (Å²) < 4.78 is 22.2. The Hall–Kier alpha value is -3.09. The van der Waals surface area contributed by atoms with Crippen molar-refractivity contribution in [1.82, 2.24) is 10.2 Å². The summed E-state index contributed by atoms with van der Waals surface area (Å²) in [6, 6.07) is 13.7. The van der Waals surface area contributed by atoms with Gasteiger partial charge in [-0.2, -0.15) is 0 Å². The summed E-state index contributed by atoms with van der Waals surface area (Å²) >= 11 is 0. The average Bonchev–Trinajstić information content (AvgIpc) is 2.78. The predicted octanol–water partition coefficient (Wildman–Crippen LogP) is 3.23. The average molecular weight is 416 g/mol. The highest BCUT2D eigenvalue weighted by atomic mass is 16.5. The van der Waals surface area contributed by atoms with E-state index in [1.807, 2.05) is 49.5 Å². The lowest BCUT2D eigenvalue weighted by atomic mass is 10.1. The first kappa shape index (κ1) is 23.2. The van der Waals surface area contributed by atoms with E-state index in [0.717, 1.165) is 30.4 Å². The molecule has 0 fully saturated rings. The van der Waals surface area contributed by atoms with Gasteiger partial charge in [-0.3, -0.25) is 4.99 Å². The van der Waals surface area contributed by atoms with Gasteiger partial charge in [0.05, 0.1) is 27.9 Å². The molecule has 2 aromatic carbocycles. The number of hydrogen-bond donors (Lipinski definition) is 1. The third-order valence-electron chi connectivity index (χ3n) is 4.56. The molecule has 0 atom stereocenters. The Kier molecular flexibility index (Phi) is 9.64. The zero-order chi connectivity index (χ0) is 21.8. The van der Waals surface area contributed by atoms with Gasteiger partial charge in [-0.05, 0) is 31.5 Å². The highest BCUT2D eigenvalue weighted by Gasteiger charge is 2.15. The van der Waals surface area contributed by atoms with Crippen LogP contribution >= 0.6 is 0 Å². The minimum Gasteiger partial charge on any atom is -0.493 e. The Morgan fingerprint density at radius 2 is 1.70 bits per heavy atom. The predicted molar refractivity (Wildman–Crippen MR) is 120 cm³/mol. The Morgan fingerprint density at radius 3 is 2.33 bits per heavy atom.